The second kappa shape index (κ2) is 6.20. The van der Waals surface area contributed by atoms with Gasteiger partial charge in [-0.3, -0.25) is 4.98 Å². The van der Waals surface area contributed by atoms with E-state index in [2.05, 4.69) is 9.97 Å². The molecule has 0 bridgehead atoms. The van der Waals surface area contributed by atoms with Crippen molar-refractivity contribution in [2.45, 2.75) is 12.3 Å². The van der Waals surface area contributed by atoms with Gasteiger partial charge < -0.3 is 4.74 Å². The van der Waals surface area contributed by atoms with Gasteiger partial charge in [0.2, 0.25) is 0 Å². The molecule has 0 atom stereocenters. The Bertz CT molecular complexity index is 714. The molecule has 3 aromatic rings. The van der Waals surface area contributed by atoms with Crippen molar-refractivity contribution in [1.29, 1.82) is 0 Å². The number of rotatable bonds is 5. The predicted molar refractivity (Wildman–Crippen MR) is 82.6 cm³/mol. The van der Waals surface area contributed by atoms with Gasteiger partial charge in [0.05, 0.1) is 28.7 Å². The molecule has 0 fully saturated rings. The zero-order valence-electron chi connectivity index (χ0n) is 10.8. The van der Waals surface area contributed by atoms with E-state index in [1.54, 1.807) is 17.5 Å². The average molecular weight is 305 g/mol. The highest BCUT2D eigenvalue weighted by Crippen LogP contribution is 2.19. The van der Waals surface area contributed by atoms with Gasteiger partial charge in [0.1, 0.15) is 5.75 Å². The van der Waals surface area contributed by atoms with E-state index in [0.717, 1.165) is 33.8 Å². The Labute approximate surface area is 126 Å². The molecule has 0 aliphatic carbocycles. The molecule has 20 heavy (non-hydrogen) atoms. The Morgan fingerprint density at radius 2 is 2.20 bits per heavy atom. The minimum absolute atomic E-state index is 0.466. The Hall–Kier alpha value is -1.65. The summed E-state index contributed by atoms with van der Waals surface area (Å²) in [6, 6.07) is 9.92. The maximum absolute atomic E-state index is 5.75. The van der Waals surface area contributed by atoms with Crippen LogP contribution in [0.4, 0.5) is 0 Å². The largest absolute Gasteiger partial charge is 0.493 e. The first-order valence-corrected chi connectivity index (χ1v) is 7.73. The third-order valence-corrected chi connectivity index (χ3v) is 4.13. The Morgan fingerprint density at radius 3 is 3.05 bits per heavy atom. The van der Waals surface area contributed by atoms with E-state index in [9.17, 15) is 0 Å². The van der Waals surface area contributed by atoms with E-state index >= 15 is 0 Å². The quantitative estimate of drug-likeness (QED) is 0.667. The smallest absolute Gasteiger partial charge is 0.121 e. The number of aromatic nitrogens is 2. The van der Waals surface area contributed by atoms with Gasteiger partial charge >= 0.3 is 0 Å². The van der Waals surface area contributed by atoms with E-state index in [4.69, 9.17) is 16.3 Å². The van der Waals surface area contributed by atoms with Crippen LogP contribution >= 0.6 is 22.9 Å². The van der Waals surface area contributed by atoms with Crippen molar-refractivity contribution in [2.24, 2.45) is 0 Å². The molecule has 0 radical (unpaired) electrons. The third kappa shape index (κ3) is 3.08. The van der Waals surface area contributed by atoms with Gasteiger partial charge in [-0.2, -0.15) is 0 Å². The van der Waals surface area contributed by atoms with Crippen LogP contribution in [0.3, 0.4) is 0 Å². The van der Waals surface area contributed by atoms with Crippen molar-refractivity contribution in [3.8, 4) is 5.75 Å². The third-order valence-electron chi connectivity index (χ3n) is 2.90. The maximum Gasteiger partial charge on any atom is 0.121 e. The fraction of sp³-hybridized carbons (Fsp3) is 0.200. The fourth-order valence-corrected chi connectivity index (χ4v) is 2.93. The highest BCUT2D eigenvalue weighted by atomic mass is 35.5. The fourth-order valence-electron chi connectivity index (χ4n) is 1.92. The maximum atomic E-state index is 5.75. The van der Waals surface area contributed by atoms with E-state index < -0.39 is 0 Å². The molecule has 0 aliphatic heterocycles. The van der Waals surface area contributed by atoms with Crippen LogP contribution in [0.2, 0.25) is 0 Å². The number of thiazole rings is 1. The SMILES string of the molecule is ClCc1csc(CCOc2ccc3cccnc3c2)n1. The number of hydrogen-bond donors (Lipinski definition) is 0. The van der Waals surface area contributed by atoms with Crippen molar-refractivity contribution in [1.82, 2.24) is 9.97 Å². The molecular weight excluding hydrogens is 292 g/mol. The first kappa shape index (κ1) is 13.3. The van der Waals surface area contributed by atoms with Gasteiger partial charge in [-0.1, -0.05) is 6.07 Å². The molecule has 0 saturated heterocycles. The summed E-state index contributed by atoms with van der Waals surface area (Å²) in [6.45, 7) is 0.605. The van der Waals surface area contributed by atoms with Gasteiger partial charge in [-0.25, -0.2) is 4.98 Å². The average Bonchev–Trinajstić information content (AvgIpc) is 2.95. The lowest BCUT2D eigenvalue weighted by molar-refractivity contribution is 0.322. The van der Waals surface area contributed by atoms with Crippen LogP contribution in [0, 0.1) is 0 Å². The summed E-state index contributed by atoms with van der Waals surface area (Å²) in [5.41, 5.74) is 1.88. The number of pyridine rings is 1. The molecule has 0 saturated carbocycles. The molecule has 0 spiro atoms. The first-order chi connectivity index (χ1) is 9.85. The Morgan fingerprint density at radius 1 is 1.25 bits per heavy atom. The van der Waals surface area contributed by atoms with Gasteiger partial charge in [-0.05, 0) is 18.2 Å². The molecular formula is C15H13ClN2OS. The number of nitrogens with zero attached hydrogens (tertiary/aromatic N) is 2. The molecule has 1 aromatic carbocycles. The molecule has 0 unspecified atom stereocenters. The second-order valence-electron chi connectivity index (χ2n) is 4.32. The predicted octanol–water partition coefficient (Wildman–Crippen LogP) is 4.05. The van der Waals surface area contributed by atoms with Crippen molar-refractivity contribution in [2.75, 3.05) is 6.61 Å². The van der Waals surface area contributed by atoms with E-state index in [1.165, 1.54) is 0 Å². The molecule has 2 aromatic heterocycles. The Kier molecular flexibility index (Phi) is 4.14. The minimum atomic E-state index is 0.466. The molecule has 0 N–H and O–H groups in total. The summed E-state index contributed by atoms with van der Waals surface area (Å²) < 4.78 is 5.75. The van der Waals surface area contributed by atoms with Crippen LogP contribution in [-0.2, 0) is 12.3 Å². The standard InChI is InChI=1S/C15H13ClN2OS/c16-9-12-10-20-15(18-12)5-7-19-13-4-3-11-2-1-6-17-14(11)8-13/h1-4,6,8,10H,5,7,9H2. The number of alkyl halides is 1. The lowest BCUT2D eigenvalue weighted by Gasteiger charge is -2.05. The van der Waals surface area contributed by atoms with Crippen molar-refractivity contribution in [3.63, 3.8) is 0 Å². The lowest BCUT2D eigenvalue weighted by atomic mass is 10.2. The first-order valence-electron chi connectivity index (χ1n) is 6.32. The van der Waals surface area contributed by atoms with Gasteiger partial charge in [0, 0.05) is 29.5 Å². The summed E-state index contributed by atoms with van der Waals surface area (Å²) in [6.07, 6.45) is 2.58. The summed E-state index contributed by atoms with van der Waals surface area (Å²) in [5.74, 6) is 1.30. The van der Waals surface area contributed by atoms with E-state index in [-0.39, 0.29) is 0 Å². The van der Waals surface area contributed by atoms with E-state index in [1.807, 2.05) is 35.7 Å². The zero-order chi connectivity index (χ0) is 13.8. The van der Waals surface area contributed by atoms with Crippen LogP contribution in [0.5, 0.6) is 5.75 Å². The summed E-state index contributed by atoms with van der Waals surface area (Å²) in [5, 5.41) is 4.16. The molecule has 5 heteroatoms. The van der Waals surface area contributed by atoms with Crippen LogP contribution in [-0.4, -0.2) is 16.6 Å². The molecule has 3 nitrogen and oxygen atoms in total. The number of fused-ring (bicyclic) bond motifs is 1. The van der Waals surface area contributed by atoms with Crippen molar-refractivity contribution in [3.05, 3.63) is 52.6 Å². The van der Waals surface area contributed by atoms with Crippen LogP contribution < -0.4 is 4.74 Å². The highest BCUT2D eigenvalue weighted by molar-refractivity contribution is 7.09. The van der Waals surface area contributed by atoms with Gasteiger partial charge in [-0.15, -0.1) is 22.9 Å². The number of hydrogen-bond acceptors (Lipinski definition) is 4. The highest BCUT2D eigenvalue weighted by Gasteiger charge is 2.02. The lowest BCUT2D eigenvalue weighted by Crippen LogP contribution is -2.01. The van der Waals surface area contributed by atoms with Crippen LogP contribution in [0.25, 0.3) is 10.9 Å². The number of benzene rings is 1. The Balaban J connectivity index is 1.62. The number of ether oxygens (including phenoxy) is 1. The van der Waals surface area contributed by atoms with E-state index in [0.29, 0.717) is 12.5 Å². The summed E-state index contributed by atoms with van der Waals surface area (Å²) in [4.78, 5) is 8.72. The summed E-state index contributed by atoms with van der Waals surface area (Å²) in [7, 11) is 0. The normalized spacial score (nSPS) is 10.8. The molecule has 3 rings (SSSR count). The summed E-state index contributed by atoms with van der Waals surface area (Å²) >= 11 is 7.36. The van der Waals surface area contributed by atoms with Gasteiger partial charge in [0.15, 0.2) is 0 Å². The molecule has 2 heterocycles. The topological polar surface area (TPSA) is 35.0 Å². The van der Waals surface area contributed by atoms with Crippen molar-refractivity contribution >= 4 is 33.8 Å². The number of halogens is 1. The minimum Gasteiger partial charge on any atom is -0.493 e. The van der Waals surface area contributed by atoms with Crippen LogP contribution in [0.1, 0.15) is 10.7 Å². The second-order valence-corrected chi connectivity index (χ2v) is 5.53. The molecule has 0 aliphatic rings. The monoisotopic (exact) mass is 304 g/mol. The van der Waals surface area contributed by atoms with Crippen LogP contribution in [0.15, 0.2) is 41.9 Å². The zero-order valence-corrected chi connectivity index (χ0v) is 12.3. The molecule has 102 valence electrons. The van der Waals surface area contributed by atoms with Gasteiger partial charge in [0.25, 0.3) is 0 Å². The van der Waals surface area contributed by atoms with Crippen molar-refractivity contribution < 1.29 is 4.74 Å². The molecule has 0 amide bonds.